The fourth-order valence-corrected chi connectivity index (χ4v) is 2.61. The molecule has 0 radical (unpaired) electrons. The molecule has 0 aliphatic heterocycles. The minimum absolute atomic E-state index is 0.00801. The second-order valence-corrected chi connectivity index (χ2v) is 6.72. The first kappa shape index (κ1) is 19.8. The molecule has 2 rings (SSSR count). The van der Waals surface area contributed by atoms with Crippen LogP contribution in [0.1, 0.15) is 37.0 Å². The number of ether oxygens (including phenoxy) is 2. The lowest BCUT2D eigenvalue weighted by molar-refractivity contribution is -0.121. The molecule has 0 spiro atoms. The van der Waals surface area contributed by atoms with E-state index in [2.05, 4.69) is 5.32 Å². The zero-order valence-corrected chi connectivity index (χ0v) is 15.8. The molecular formula is C21H27NO4. The van der Waals surface area contributed by atoms with Crippen LogP contribution in [0.5, 0.6) is 11.5 Å². The lowest BCUT2D eigenvalue weighted by atomic mass is 9.97. The molecule has 140 valence electrons. The van der Waals surface area contributed by atoms with E-state index >= 15 is 0 Å². The third-order valence-electron chi connectivity index (χ3n) is 4.24. The molecule has 2 aromatic carbocycles. The van der Waals surface area contributed by atoms with Gasteiger partial charge >= 0.3 is 0 Å². The number of aryl methyl sites for hydroxylation is 1. The van der Waals surface area contributed by atoms with Gasteiger partial charge in [-0.05, 0) is 49.1 Å². The fraction of sp³-hybridized carbons (Fsp3) is 0.381. The van der Waals surface area contributed by atoms with Crippen molar-refractivity contribution in [2.24, 2.45) is 0 Å². The van der Waals surface area contributed by atoms with Gasteiger partial charge < -0.3 is 19.9 Å². The molecule has 1 amide bonds. The normalized spacial score (nSPS) is 11.1. The quantitative estimate of drug-likeness (QED) is 0.761. The average Bonchev–Trinajstić information content (AvgIpc) is 2.64. The first-order valence-electron chi connectivity index (χ1n) is 8.63. The number of carbonyl (C=O) groups excluding carboxylic acids is 1. The van der Waals surface area contributed by atoms with Crippen molar-refractivity contribution in [3.8, 4) is 11.5 Å². The molecule has 0 heterocycles. The molecule has 2 N–H and O–H groups in total. The molecule has 0 aliphatic carbocycles. The van der Waals surface area contributed by atoms with Crippen LogP contribution in [0.3, 0.4) is 0 Å². The van der Waals surface area contributed by atoms with Crippen molar-refractivity contribution in [3.05, 3.63) is 59.2 Å². The van der Waals surface area contributed by atoms with Gasteiger partial charge in [0.25, 0.3) is 0 Å². The van der Waals surface area contributed by atoms with E-state index in [0.29, 0.717) is 30.9 Å². The number of aliphatic hydroxyl groups is 1. The number of methoxy groups -OCH3 is 2. The molecule has 0 unspecified atom stereocenters. The van der Waals surface area contributed by atoms with Crippen LogP contribution in [0.15, 0.2) is 42.5 Å². The van der Waals surface area contributed by atoms with Crippen LogP contribution in [0.25, 0.3) is 0 Å². The number of nitrogens with one attached hydrogen (secondary N) is 1. The summed E-state index contributed by atoms with van der Waals surface area (Å²) in [5.74, 6) is 1.33. The van der Waals surface area contributed by atoms with Gasteiger partial charge in [0.15, 0.2) is 11.5 Å². The first-order valence-corrected chi connectivity index (χ1v) is 8.63. The summed E-state index contributed by atoms with van der Waals surface area (Å²) in [7, 11) is 3.19. The Balaban J connectivity index is 1.84. The fourth-order valence-electron chi connectivity index (χ4n) is 2.61. The standard InChI is InChI=1S/C21H27NO4/c1-21(2,24)17-9-5-16(6-10-17)14-22-20(23)12-8-15-7-11-18(25-3)19(13-15)26-4/h5-7,9-11,13,24H,8,12,14H2,1-4H3,(H,22,23). The van der Waals surface area contributed by atoms with E-state index in [1.54, 1.807) is 28.1 Å². The molecule has 5 nitrogen and oxygen atoms in total. The largest absolute Gasteiger partial charge is 0.493 e. The summed E-state index contributed by atoms with van der Waals surface area (Å²) in [6.45, 7) is 3.97. The van der Waals surface area contributed by atoms with Crippen molar-refractivity contribution >= 4 is 5.91 Å². The number of rotatable bonds is 8. The Kier molecular flexibility index (Phi) is 6.64. The molecule has 0 bridgehead atoms. The third kappa shape index (κ3) is 5.49. The van der Waals surface area contributed by atoms with E-state index in [1.165, 1.54) is 0 Å². The van der Waals surface area contributed by atoms with E-state index in [-0.39, 0.29) is 5.91 Å². The Hall–Kier alpha value is -2.53. The van der Waals surface area contributed by atoms with E-state index in [0.717, 1.165) is 16.7 Å². The van der Waals surface area contributed by atoms with Gasteiger partial charge in [0.2, 0.25) is 5.91 Å². The van der Waals surface area contributed by atoms with Crippen LogP contribution in [-0.2, 0) is 23.4 Å². The van der Waals surface area contributed by atoms with Crippen LogP contribution in [0.4, 0.5) is 0 Å². The second kappa shape index (κ2) is 8.72. The van der Waals surface area contributed by atoms with Crippen molar-refractivity contribution in [1.29, 1.82) is 0 Å². The highest BCUT2D eigenvalue weighted by Gasteiger charge is 2.15. The van der Waals surface area contributed by atoms with Crippen LogP contribution in [0.2, 0.25) is 0 Å². The van der Waals surface area contributed by atoms with Crippen molar-refractivity contribution in [3.63, 3.8) is 0 Å². The highest BCUT2D eigenvalue weighted by molar-refractivity contribution is 5.76. The molecule has 26 heavy (non-hydrogen) atoms. The summed E-state index contributed by atoms with van der Waals surface area (Å²) < 4.78 is 10.5. The van der Waals surface area contributed by atoms with Crippen molar-refractivity contribution in [1.82, 2.24) is 5.32 Å². The number of benzene rings is 2. The summed E-state index contributed by atoms with van der Waals surface area (Å²) in [5, 5.41) is 12.9. The summed E-state index contributed by atoms with van der Waals surface area (Å²) in [6.07, 6.45) is 1.03. The van der Waals surface area contributed by atoms with Crippen LogP contribution >= 0.6 is 0 Å². The maximum absolute atomic E-state index is 12.1. The Morgan fingerprint density at radius 2 is 1.62 bits per heavy atom. The molecule has 0 saturated heterocycles. The predicted octanol–water partition coefficient (Wildman–Crippen LogP) is 3.18. The Bertz CT molecular complexity index is 733. The predicted molar refractivity (Wildman–Crippen MR) is 101 cm³/mol. The maximum Gasteiger partial charge on any atom is 0.220 e. The molecule has 0 aromatic heterocycles. The van der Waals surface area contributed by atoms with Gasteiger partial charge in [-0.1, -0.05) is 30.3 Å². The number of hydrogen-bond acceptors (Lipinski definition) is 4. The van der Waals surface area contributed by atoms with Crippen LogP contribution < -0.4 is 14.8 Å². The highest BCUT2D eigenvalue weighted by Crippen LogP contribution is 2.28. The van der Waals surface area contributed by atoms with E-state index in [9.17, 15) is 9.90 Å². The molecule has 5 heteroatoms. The summed E-state index contributed by atoms with van der Waals surface area (Å²) in [5.41, 5.74) is 2.01. The molecular weight excluding hydrogens is 330 g/mol. The summed E-state index contributed by atoms with van der Waals surface area (Å²) in [4.78, 5) is 12.1. The summed E-state index contributed by atoms with van der Waals surface area (Å²) in [6, 6.07) is 13.3. The monoisotopic (exact) mass is 357 g/mol. The SMILES string of the molecule is COc1ccc(CCC(=O)NCc2ccc(C(C)(C)O)cc2)cc1OC. The lowest BCUT2D eigenvalue weighted by Crippen LogP contribution is -2.23. The van der Waals surface area contributed by atoms with E-state index < -0.39 is 5.60 Å². The zero-order chi connectivity index (χ0) is 19.2. The van der Waals surface area contributed by atoms with Gasteiger partial charge in [-0.25, -0.2) is 0 Å². The molecule has 0 fully saturated rings. The topological polar surface area (TPSA) is 67.8 Å². The van der Waals surface area contributed by atoms with Crippen LogP contribution in [0, 0.1) is 0 Å². The minimum atomic E-state index is -0.860. The zero-order valence-electron chi connectivity index (χ0n) is 15.8. The molecule has 0 aliphatic rings. The van der Waals surface area contributed by atoms with E-state index in [4.69, 9.17) is 9.47 Å². The van der Waals surface area contributed by atoms with Crippen molar-refractivity contribution in [2.45, 2.75) is 38.8 Å². The van der Waals surface area contributed by atoms with Gasteiger partial charge in [0.05, 0.1) is 19.8 Å². The third-order valence-corrected chi connectivity index (χ3v) is 4.24. The molecule has 2 aromatic rings. The van der Waals surface area contributed by atoms with Gasteiger partial charge in [-0.2, -0.15) is 0 Å². The van der Waals surface area contributed by atoms with Gasteiger partial charge in [0.1, 0.15) is 0 Å². The van der Waals surface area contributed by atoms with Gasteiger partial charge in [0, 0.05) is 13.0 Å². The first-order chi connectivity index (χ1) is 12.3. The van der Waals surface area contributed by atoms with Crippen LogP contribution in [-0.4, -0.2) is 25.2 Å². The van der Waals surface area contributed by atoms with E-state index in [1.807, 2.05) is 42.5 Å². The van der Waals surface area contributed by atoms with Crippen molar-refractivity contribution < 1.29 is 19.4 Å². The maximum atomic E-state index is 12.1. The highest BCUT2D eigenvalue weighted by atomic mass is 16.5. The molecule has 0 saturated carbocycles. The van der Waals surface area contributed by atoms with Gasteiger partial charge in [-0.3, -0.25) is 4.79 Å². The smallest absolute Gasteiger partial charge is 0.220 e. The molecule has 0 atom stereocenters. The number of amides is 1. The number of carbonyl (C=O) groups is 1. The minimum Gasteiger partial charge on any atom is -0.493 e. The van der Waals surface area contributed by atoms with Crippen molar-refractivity contribution in [2.75, 3.05) is 14.2 Å². The lowest BCUT2D eigenvalue weighted by Gasteiger charge is -2.18. The Labute approximate surface area is 155 Å². The average molecular weight is 357 g/mol. The number of hydrogen-bond donors (Lipinski definition) is 2. The van der Waals surface area contributed by atoms with Gasteiger partial charge in [-0.15, -0.1) is 0 Å². The Morgan fingerprint density at radius 3 is 2.19 bits per heavy atom. The summed E-state index contributed by atoms with van der Waals surface area (Å²) >= 11 is 0. The Morgan fingerprint density at radius 1 is 1.00 bits per heavy atom. The second-order valence-electron chi connectivity index (χ2n) is 6.72.